The quantitative estimate of drug-likeness (QED) is 0.873. The minimum Gasteiger partial charge on any atom is -0.394 e. The van der Waals surface area contributed by atoms with E-state index in [1.165, 1.54) is 0 Å². The van der Waals surface area contributed by atoms with E-state index >= 15 is 0 Å². The minimum atomic E-state index is 0.0188. The summed E-state index contributed by atoms with van der Waals surface area (Å²) in [5, 5.41) is 16.9. The van der Waals surface area contributed by atoms with Crippen LogP contribution >= 0.6 is 23.2 Å². The Labute approximate surface area is 103 Å². The van der Waals surface area contributed by atoms with Crippen LogP contribution in [0.5, 0.6) is 0 Å². The second-order valence-electron chi connectivity index (χ2n) is 3.90. The molecule has 0 spiro atoms. The Morgan fingerprint density at radius 2 is 2.19 bits per heavy atom. The van der Waals surface area contributed by atoms with E-state index in [2.05, 4.69) is 22.1 Å². The van der Waals surface area contributed by atoms with Gasteiger partial charge >= 0.3 is 0 Å². The van der Waals surface area contributed by atoms with E-state index in [0.29, 0.717) is 11.7 Å². The second kappa shape index (κ2) is 4.69. The van der Waals surface area contributed by atoms with E-state index in [1.54, 1.807) is 0 Å². The molecule has 1 aromatic heterocycles. The number of rotatable bonds is 2. The first kappa shape index (κ1) is 11.8. The van der Waals surface area contributed by atoms with Gasteiger partial charge < -0.3 is 10.0 Å². The van der Waals surface area contributed by atoms with Crippen LogP contribution in [0.15, 0.2) is 0 Å². The molecule has 7 heteroatoms. The Morgan fingerprint density at radius 3 is 2.88 bits per heavy atom. The number of aromatic nitrogens is 3. The van der Waals surface area contributed by atoms with Gasteiger partial charge in [0.25, 0.3) is 0 Å². The fourth-order valence-electron chi connectivity index (χ4n) is 2.02. The van der Waals surface area contributed by atoms with Gasteiger partial charge in [-0.25, -0.2) is 0 Å². The van der Waals surface area contributed by atoms with Crippen molar-refractivity contribution in [1.82, 2.24) is 15.2 Å². The normalized spacial score (nSPS) is 25.1. The zero-order valence-electron chi connectivity index (χ0n) is 8.77. The Bertz CT molecular complexity index is 390. The molecule has 0 aliphatic carbocycles. The maximum absolute atomic E-state index is 9.35. The van der Waals surface area contributed by atoms with Crippen molar-refractivity contribution >= 4 is 29.0 Å². The predicted octanol–water partition coefficient (Wildman–Crippen LogP) is 1.39. The van der Waals surface area contributed by atoms with Crippen molar-refractivity contribution in [2.75, 3.05) is 18.1 Å². The molecule has 0 amide bonds. The monoisotopic (exact) mass is 262 g/mol. The van der Waals surface area contributed by atoms with Crippen LogP contribution in [0.4, 0.5) is 5.82 Å². The van der Waals surface area contributed by atoms with Gasteiger partial charge in [0.2, 0.25) is 5.28 Å². The zero-order valence-corrected chi connectivity index (χ0v) is 10.3. The van der Waals surface area contributed by atoms with Gasteiger partial charge in [-0.05, 0) is 23.9 Å². The summed E-state index contributed by atoms with van der Waals surface area (Å²) in [7, 11) is 0. The van der Waals surface area contributed by atoms with Crippen LogP contribution in [0, 0.1) is 5.92 Å². The lowest BCUT2D eigenvalue weighted by atomic mass is 10.0. The molecule has 0 aromatic carbocycles. The first-order valence-corrected chi connectivity index (χ1v) is 5.82. The van der Waals surface area contributed by atoms with Gasteiger partial charge in [-0.1, -0.05) is 18.5 Å². The molecule has 5 nitrogen and oxygen atoms in total. The molecule has 0 bridgehead atoms. The number of aliphatic hydroxyl groups excluding tert-OH is 1. The van der Waals surface area contributed by atoms with Crippen molar-refractivity contribution in [2.24, 2.45) is 5.92 Å². The Kier molecular flexibility index (Phi) is 3.47. The van der Waals surface area contributed by atoms with Crippen LogP contribution in [-0.2, 0) is 0 Å². The molecule has 2 rings (SSSR count). The van der Waals surface area contributed by atoms with E-state index in [0.717, 1.165) is 13.0 Å². The third-order valence-electron chi connectivity index (χ3n) is 2.94. The van der Waals surface area contributed by atoms with Gasteiger partial charge in [-0.3, -0.25) is 0 Å². The fraction of sp³-hybridized carbons (Fsp3) is 0.667. The van der Waals surface area contributed by atoms with Crippen LogP contribution < -0.4 is 4.90 Å². The van der Waals surface area contributed by atoms with Crippen LogP contribution in [0.25, 0.3) is 0 Å². The smallest absolute Gasteiger partial charge is 0.245 e. The third-order valence-corrected chi connectivity index (χ3v) is 3.35. The number of aliphatic hydroxyl groups is 1. The van der Waals surface area contributed by atoms with Gasteiger partial charge in [-0.2, -0.15) is 4.98 Å². The zero-order chi connectivity index (χ0) is 11.7. The van der Waals surface area contributed by atoms with Gasteiger partial charge in [0.1, 0.15) is 0 Å². The Hall–Kier alpha value is -0.650. The highest BCUT2D eigenvalue weighted by atomic mass is 35.5. The molecule has 88 valence electrons. The van der Waals surface area contributed by atoms with Crippen LogP contribution in [0.2, 0.25) is 10.4 Å². The van der Waals surface area contributed by atoms with E-state index < -0.39 is 0 Å². The van der Waals surface area contributed by atoms with Crippen molar-refractivity contribution in [2.45, 2.75) is 19.4 Å². The van der Waals surface area contributed by atoms with Crippen molar-refractivity contribution in [3.05, 3.63) is 10.4 Å². The van der Waals surface area contributed by atoms with Crippen LogP contribution in [-0.4, -0.2) is 39.5 Å². The molecule has 1 N–H and O–H groups in total. The highest BCUT2D eigenvalue weighted by Crippen LogP contribution is 2.31. The maximum Gasteiger partial charge on any atom is 0.245 e. The number of anilines is 1. The first-order valence-electron chi connectivity index (χ1n) is 5.06. The molecule has 2 heterocycles. The van der Waals surface area contributed by atoms with Crippen LogP contribution in [0.3, 0.4) is 0 Å². The molecule has 1 aromatic rings. The van der Waals surface area contributed by atoms with Crippen molar-refractivity contribution in [1.29, 1.82) is 0 Å². The fourth-order valence-corrected chi connectivity index (χ4v) is 2.32. The summed E-state index contributed by atoms with van der Waals surface area (Å²) in [6.45, 7) is 2.95. The largest absolute Gasteiger partial charge is 0.394 e. The lowest BCUT2D eigenvalue weighted by Gasteiger charge is -2.26. The summed E-state index contributed by atoms with van der Waals surface area (Å²) >= 11 is 11.6. The SMILES string of the molecule is CC1CCN(c2nc(Cl)nnc2Cl)C1CO. The summed E-state index contributed by atoms with van der Waals surface area (Å²) in [5.41, 5.74) is 0. The number of hydrogen-bond donors (Lipinski definition) is 1. The summed E-state index contributed by atoms with van der Waals surface area (Å²) in [6, 6.07) is 0.0188. The van der Waals surface area contributed by atoms with Gasteiger partial charge in [-0.15, -0.1) is 10.2 Å². The molecular weight excluding hydrogens is 251 g/mol. The Balaban J connectivity index is 2.33. The van der Waals surface area contributed by atoms with Crippen LogP contribution in [0.1, 0.15) is 13.3 Å². The Morgan fingerprint density at radius 1 is 1.44 bits per heavy atom. The van der Waals surface area contributed by atoms with Crippen molar-refractivity contribution in [3.8, 4) is 0 Å². The van der Waals surface area contributed by atoms with Gasteiger partial charge in [0.15, 0.2) is 11.0 Å². The summed E-state index contributed by atoms with van der Waals surface area (Å²) < 4.78 is 0. The molecule has 1 fully saturated rings. The number of nitrogens with zero attached hydrogens (tertiary/aromatic N) is 4. The molecule has 2 atom stereocenters. The molecule has 0 radical (unpaired) electrons. The average molecular weight is 263 g/mol. The minimum absolute atomic E-state index is 0.0188. The van der Waals surface area contributed by atoms with Gasteiger partial charge in [0.05, 0.1) is 12.6 Å². The summed E-state index contributed by atoms with van der Waals surface area (Å²) in [6.07, 6.45) is 0.989. The lowest BCUT2D eigenvalue weighted by molar-refractivity contribution is 0.244. The average Bonchev–Trinajstić information content (AvgIpc) is 2.63. The molecule has 16 heavy (non-hydrogen) atoms. The van der Waals surface area contributed by atoms with E-state index in [-0.39, 0.29) is 23.1 Å². The van der Waals surface area contributed by atoms with E-state index in [4.69, 9.17) is 23.2 Å². The summed E-state index contributed by atoms with van der Waals surface area (Å²) in [5.74, 6) is 0.903. The molecule has 1 aliphatic rings. The molecule has 1 saturated heterocycles. The highest BCUT2D eigenvalue weighted by molar-refractivity contribution is 6.32. The van der Waals surface area contributed by atoms with Crippen molar-refractivity contribution in [3.63, 3.8) is 0 Å². The maximum atomic E-state index is 9.35. The van der Waals surface area contributed by atoms with Gasteiger partial charge in [0, 0.05) is 6.54 Å². The topological polar surface area (TPSA) is 62.1 Å². The molecule has 1 aliphatic heterocycles. The first-order chi connectivity index (χ1) is 7.63. The summed E-state index contributed by atoms with van der Waals surface area (Å²) in [4.78, 5) is 6.00. The molecular formula is C9H12Cl2N4O. The van der Waals surface area contributed by atoms with E-state index in [9.17, 15) is 5.11 Å². The standard InChI is InChI=1S/C9H12Cl2N4O/c1-5-2-3-15(6(5)4-16)8-7(10)13-14-9(11)12-8/h5-6,16H,2-4H2,1H3. The highest BCUT2D eigenvalue weighted by Gasteiger charge is 2.33. The molecule has 2 unspecified atom stereocenters. The second-order valence-corrected chi connectivity index (χ2v) is 4.60. The third kappa shape index (κ3) is 2.07. The number of hydrogen-bond acceptors (Lipinski definition) is 5. The van der Waals surface area contributed by atoms with Crippen molar-refractivity contribution < 1.29 is 5.11 Å². The molecule has 0 saturated carbocycles. The van der Waals surface area contributed by atoms with E-state index in [1.807, 2.05) is 4.90 Å². The number of halogens is 2. The predicted molar refractivity (Wildman–Crippen MR) is 61.8 cm³/mol. The lowest BCUT2D eigenvalue weighted by Crippen LogP contribution is -2.36.